The fraction of sp³-hybridized carbons (Fsp3) is 0. The average molecular weight is 348 g/mol. The lowest BCUT2D eigenvalue weighted by molar-refractivity contribution is 0.625. The van der Waals surface area contributed by atoms with Crippen LogP contribution in [0.2, 0.25) is 5.15 Å². The molecule has 0 aliphatic heterocycles. The highest BCUT2D eigenvalue weighted by Crippen LogP contribution is 2.19. The Morgan fingerprint density at radius 3 is 2.75 bits per heavy atom. The van der Waals surface area contributed by atoms with E-state index in [9.17, 15) is 4.39 Å². The third kappa shape index (κ3) is 2.18. The van der Waals surface area contributed by atoms with E-state index in [-0.39, 0.29) is 5.56 Å². The van der Waals surface area contributed by atoms with E-state index in [1.807, 2.05) is 28.7 Å². The highest BCUT2D eigenvalue weighted by Gasteiger charge is 2.07. The summed E-state index contributed by atoms with van der Waals surface area (Å²) in [5.74, 6) is -0.476. The lowest BCUT2D eigenvalue weighted by atomic mass is 10.2. The SMILES string of the molecule is N#Cc1cc(F)cc(-n2cc(I)c(Cl)n2)c1. The molecular formula is C10H4ClFIN3. The summed E-state index contributed by atoms with van der Waals surface area (Å²) in [4.78, 5) is 0. The van der Waals surface area contributed by atoms with Gasteiger partial charge in [0.2, 0.25) is 0 Å². The molecule has 1 aromatic carbocycles. The van der Waals surface area contributed by atoms with Gasteiger partial charge in [0.15, 0.2) is 5.15 Å². The zero-order valence-electron chi connectivity index (χ0n) is 7.78. The molecule has 6 heteroatoms. The van der Waals surface area contributed by atoms with Crippen molar-refractivity contribution in [3.8, 4) is 11.8 Å². The first-order chi connectivity index (χ1) is 7.60. The summed E-state index contributed by atoms with van der Waals surface area (Å²) in [5, 5.41) is 13.1. The van der Waals surface area contributed by atoms with E-state index in [1.54, 1.807) is 12.3 Å². The Labute approximate surface area is 110 Å². The Morgan fingerprint density at radius 2 is 2.19 bits per heavy atom. The van der Waals surface area contributed by atoms with Gasteiger partial charge in [0.1, 0.15) is 5.82 Å². The second kappa shape index (κ2) is 4.39. The summed E-state index contributed by atoms with van der Waals surface area (Å²) in [7, 11) is 0. The maximum absolute atomic E-state index is 13.2. The average Bonchev–Trinajstić information content (AvgIpc) is 2.58. The van der Waals surface area contributed by atoms with Gasteiger partial charge in [-0.3, -0.25) is 0 Å². The van der Waals surface area contributed by atoms with Crippen molar-refractivity contribution in [1.29, 1.82) is 5.26 Å². The third-order valence-corrected chi connectivity index (χ3v) is 3.29. The van der Waals surface area contributed by atoms with Crippen LogP contribution in [-0.2, 0) is 0 Å². The Balaban J connectivity index is 2.56. The van der Waals surface area contributed by atoms with Crippen LogP contribution in [0.25, 0.3) is 5.69 Å². The molecule has 2 rings (SSSR count). The normalized spacial score (nSPS) is 10.1. The fourth-order valence-corrected chi connectivity index (χ4v) is 1.74. The van der Waals surface area contributed by atoms with Crippen LogP contribution in [0.5, 0.6) is 0 Å². The molecule has 0 atom stereocenters. The molecule has 16 heavy (non-hydrogen) atoms. The molecule has 0 fully saturated rings. The molecular weight excluding hydrogens is 343 g/mol. The summed E-state index contributed by atoms with van der Waals surface area (Å²) >= 11 is 7.82. The van der Waals surface area contributed by atoms with E-state index in [4.69, 9.17) is 16.9 Å². The van der Waals surface area contributed by atoms with Crippen molar-refractivity contribution < 1.29 is 4.39 Å². The van der Waals surface area contributed by atoms with E-state index < -0.39 is 5.82 Å². The molecule has 0 N–H and O–H groups in total. The summed E-state index contributed by atoms with van der Waals surface area (Å²) in [6.07, 6.45) is 1.67. The lowest BCUT2D eigenvalue weighted by Gasteiger charge is -2.01. The van der Waals surface area contributed by atoms with Crippen LogP contribution in [0.1, 0.15) is 5.56 Å². The standard InChI is InChI=1S/C10H4ClFIN3/c11-10-9(13)5-16(15-10)8-2-6(4-14)1-7(12)3-8/h1-3,5H. The van der Waals surface area contributed by atoms with E-state index in [0.29, 0.717) is 10.8 Å². The van der Waals surface area contributed by atoms with Crippen molar-refractivity contribution in [2.45, 2.75) is 0 Å². The van der Waals surface area contributed by atoms with Crippen LogP contribution in [0.3, 0.4) is 0 Å². The fourth-order valence-electron chi connectivity index (χ4n) is 1.24. The first kappa shape index (κ1) is 11.4. The molecule has 80 valence electrons. The first-order valence-electron chi connectivity index (χ1n) is 4.22. The summed E-state index contributed by atoms with van der Waals surface area (Å²) in [5.41, 5.74) is 0.720. The number of nitrogens with zero attached hydrogens (tertiary/aromatic N) is 3. The summed E-state index contributed by atoms with van der Waals surface area (Å²) < 4.78 is 15.4. The smallest absolute Gasteiger partial charge is 0.164 e. The molecule has 2 aromatic rings. The molecule has 0 spiro atoms. The minimum absolute atomic E-state index is 0.247. The van der Waals surface area contributed by atoms with Crippen molar-refractivity contribution in [2.24, 2.45) is 0 Å². The predicted octanol–water partition coefficient (Wildman–Crippen LogP) is 3.14. The van der Waals surface area contributed by atoms with Gasteiger partial charge in [-0.2, -0.15) is 10.4 Å². The van der Waals surface area contributed by atoms with Crippen molar-refractivity contribution in [3.63, 3.8) is 0 Å². The summed E-state index contributed by atoms with van der Waals surface area (Å²) in [6.45, 7) is 0. The molecule has 0 aliphatic rings. The molecule has 3 nitrogen and oxygen atoms in total. The Hall–Kier alpha value is -1.13. The highest BCUT2D eigenvalue weighted by atomic mass is 127. The van der Waals surface area contributed by atoms with Gasteiger partial charge in [-0.25, -0.2) is 9.07 Å². The molecule has 0 saturated heterocycles. The van der Waals surface area contributed by atoms with Crippen LogP contribution >= 0.6 is 34.2 Å². The molecule has 0 bridgehead atoms. The van der Waals surface area contributed by atoms with Crippen molar-refractivity contribution in [3.05, 3.63) is 44.5 Å². The van der Waals surface area contributed by atoms with Crippen LogP contribution in [0, 0.1) is 20.7 Å². The Kier molecular flexibility index (Phi) is 3.12. The molecule has 0 radical (unpaired) electrons. The molecule has 0 unspecified atom stereocenters. The number of nitriles is 1. The Morgan fingerprint density at radius 1 is 1.44 bits per heavy atom. The van der Waals surface area contributed by atoms with Gasteiger partial charge in [0.25, 0.3) is 0 Å². The number of aromatic nitrogens is 2. The maximum Gasteiger partial charge on any atom is 0.164 e. The van der Waals surface area contributed by atoms with Gasteiger partial charge in [-0.15, -0.1) is 0 Å². The number of halogens is 3. The van der Waals surface area contributed by atoms with Crippen molar-refractivity contribution >= 4 is 34.2 Å². The number of benzene rings is 1. The van der Waals surface area contributed by atoms with Crippen molar-refractivity contribution in [2.75, 3.05) is 0 Å². The number of rotatable bonds is 1. The molecule has 0 aliphatic carbocycles. The molecule has 0 saturated carbocycles. The van der Waals surface area contributed by atoms with Gasteiger partial charge in [-0.1, -0.05) is 11.6 Å². The monoisotopic (exact) mass is 347 g/mol. The largest absolute Gasteiger partial charge is 0.238 e. The third-order valence-electron chi connectivity index (χ3n) is 1.90. The number of hydrogen-bond donors (Lipinski definition) is 0. The maximum atomic E-state index is 13.2. The second-order valence-electron chi connectivity index (χ2n) is 3.02. The van der Waals surface area contributed by atoms with Gasteiger partial charge in [0, 0.05) is 6.20 Å². The highest BCUT2D eigenvalue weighted by molar-refractivity contribution is 14.1. The minimum atomic E-state index is -0.476. The minimum Gasteiger partial charge on any atom is -0.238 e. The predicted molar refractivity (Wildman–Crippen MR) is 66.0 cm³/mol. The lowest BCUT2D eigenvalue weighted by Crippen LogP contribution is -1.96. The summed E-state index contributed by atoms with van der Waals surface area (Å²) in [6, 6.07) is 5.89. The van der Waals surface area contributed by atoms with Crippen LogP contribution in [-0.4, -0.2) is 9.78 Å². The van der Waals surface area contributed by atoms with E-state index in [0.717, 1.165) is 3.57 Å². The second-order valence-corrected chi connectivity index (χ2v) is 4.54. The van der Waals surface area contributed by atoms with Crippen LogP contribution < -0.4 is 0 Å². The number of hydrogen-bond acceptors (Lipinski definition) is 2. The zero-order valence-corrected chi connectivity index (χ0v) is 10.7. The topological polar surface area (TPSA) is 41.6 Å². The van der Waals surface area contributed by atoms with Crippen LogP contribution in [0.4, 0.5) is 4.39 Å². The van der Waals surface area contributed by atoms with Crippen LogP contribution in [0.15, 0.2) is 24.4 Å². The van der Waals surface area contributed by atoms with E-state index in [2.05, 4.69) is 5.10 Å². The van der Waals surface area contributed by atoms with Gasteiger partial charge in [0.05, 0.1) is 20.9 Å². The van der Waals surface area contributed by atoms with E-state index >= 15 is 0 Å². The zero-order chi connectivity index (χ0) is 11.7. The molecule has 0 amide bonds. The molecule has 1 aromatic heterocycles. The van der Waals surface area contributed by atoms with Gasteiger partial charge in [-0.05, 0) is 40.8 Å². The first-order valence-corrected chi connectivity index (χ1v) is 5.67. The Bertz CT molecular complexity index is 569. The molecule has 1 heterocycles. The van der Waals surface area contributed by atoms with Gasteiger partial charge >= 0.3 is 0 Å². The van der Waals surface area contributed by atoms with Crippen molar-refractivity contribution in [1.82, 2.24) is 9.78 Å². The van der Waals surface area contributed by atoms with E-state index in [1.165, 1.54) is 16.8 Å². The quantitative estimate of drug-likeness (QED) is 0.744. The van der Waals surface area contributed by atoms with Gasteiger partial charge < -0.3 is 0 Å².